The Kier molecular flexibility index (Phi) is 5.73. The van der Waals surface area contributed by atoms with E-state index in [9.17, 15) is 0 Å². The topological polar surface area (TPSA) is 38.5 Å². The van der Waals surface area contributed by atoms with Gasteiger partial charge in [-0.1, -0.05) is 0 Å². The van der Waals surface area contributed by atoms with Gasteiger partial charge in [-0.25, -0.2) is 0 Å². The zero-order valence-corrected chi connectivity index (χ0v) is 11.2. The van der Waals surface area contributed by atoms with Crippen molar-refractivity contribution >= 4 is 0 Å². The molecule has 1 unspecified atom stereocenters. The summed E-state index contributed by atoms with van der Waals surface area (Å²) < 4.78 is 5.13. The minimum absolute atomic E-state index is 0.360. The molecule has 16 heavy (non-hydrogen) atoms. The van der Waals surface area contributed by atoms with Crippen LogP contribution in [0.1, 0.15) is 39.5 Å². The average molecular weight is 228 g/mol. The van der Waals surface area contributed by atoms with Crippen molar-refractivity contribution in [3.63, 3.8) is 0 Å². The number of piperidine rings is 1. The summed E-state index contributed by atoms with van der Waals surface area (Å²) in [6.07, 6.45) is 4.95. The Morgan fingerprint density at radius 2 is 2.19 bits per heavy atom. The molecule has 0 aromatic heterocycles. The minimum Gasteiger partial charge on any atom is -0.385 e. The lowest BCUT2D eigenvalue weighted by Gasteiger charge is -2.45. The molecule has 0 aliphatic carbocycles. The molecule has 1 saturated heterocycles. The number of nitrogens with two attached hydrogens (primary N) is 1. The molecule has 0 saturated carbocycles. The number of hydrogen-bond acceptors (Lipinski definition) is 3. The molecule has 0 spiro atoms. The van der Waals surface area contributed by atoms with E-state index in [0.29, 0.717) is 5.54 Å². The number of likely N-dealkylation sites (tertiary alicyclic amines) is 1. The van der Waals surface area contributed by atoms with Crippen LogP contribution < -0.4 is 5.73 Å². The molecule has 1 heterocycles. The van der Waals surface area contributed by atoms with E-state index in [-0.39, 0.29) is 0 Å². The fourth-order valence-electron chi connectivity index (χ4n) is 2.63. The lowest BCUT2D eigenvalue weighted by molar-refractivity contribution is 0.0358. The zero-order chi connectivity index (χ0) is 12.0. The van der Waals surface area contributed by atoms with Gasteiger partial charge in [0.1, 0.15) is 0 Å². The molecule has 2 N–H and O–H groups in total. The maximum Gasteiger partial charge on any atom is 0.0474 e. The third-order valence-corrected chi connectivity index (χ3v) is 3.85. The van der Waals surface area contributed by atoms with Gasteiger partial charge in [0, 0.05) is 32.3 Å². The molecule has 0 radical (unpaired) electrons. The molecule has 1 atom stereocenters. The van der Waals surface area contributed by atoms with Crippen molar-refractivity contribution in [2.24, 2.45) is 11.7 Å². The van der Waals surface area contributed by atoms with Crippen molar-refractivity contribution in [1.29, 1.82) is 0 Å². The van der Waals surface area contributed by atoms with Crippen molar-refractivity contribution in [2.75, 3.05) is 33.4 Å². The van der Waals surface area contributed by atoms with Crippen molar-refractivity contribution in [1.82, 2.24) is 4.90 Å². The molecule has 0 aromatic rings. The Morgan fingerprint density at radius 3 is 2.81 bits per heavy atom. The molecule has 1 aliphatic heterocycles. The van der Waals surface area contributed by atoms with E-state index < -0.39 is 0 Å². The third-order valence-electron chi connectivity index (χ3n) is 3.85. The maximum atomic E-state index is 5.66. The highest BCUT2D eigenvalue weighted by Gasteiger charge is 2.33. The number of rotatable bonds is 6. The quantitative estimate of drug-likeness (QED) is 0.705. The fourth-order valence-corrected chi connectivity index (χ4v) is 2.63. The van der Waals surface area contributed by atoms with E-state index >= 15 is 0 Å². The lowest BCUT2D eigenvalue weighted by Crippen LogP contribution is -2.51. The molecule has 0 bridgehead atoms. The summed E-state index contributed by atoms with van der Waals surface area (Å²) in [6, 6.07) is 0. The first kappa shape index (κ1) is 13.9. The van der Waals surface area contributed by atoms with E-state index in [1.807, 2.05) is 0 Å². The van der Waals surface area contributed by atoms with Gasteiger partial charge in [0.25, 0.3) is 0 Å². The SMILES string of the molecule is COCCCN1CC(CCN)CCC1(C)C. The van der Waals surface area contributed by atoms with E-state index in [2.05, 4.69) is 18.7 Å². The largest absolute Gasteiger partial charge is 0.385 e. The van der Waals surface area contributed by atoms with Crippen molar-refractivity contribution in [3.05, 3.63) is 0 Å². The smallest absolute Gasteiger partial charge is 0.0474 e. The molecule has 96 valence electrons. The first-order valence-electron chi connectivity index (χ1n) is 6.54. The predicted molar refractivity (Wildman–Crippen MR) is 68.5 cm³/mol. The van der Waals surface area contributed by atoms with E-state index in [1.165, 1.54) is 25.8 Å². The van der Waals surface area contributed by atoms with Gasteiger partial charge in [0.2, 0.25) is 0 Å². The summed E-state index contributed by atoms with van der Waals surface area (Å²) >= 11 is 0. The average Bonchev–Trinajstić information content (AvgIpc) is 2.23. The van der Waals surface area contributed by atoms with Gasteiger partial charge in [-0.05, 0) is 52.0 Å². The lowest BCUT2D eigenvalue weighted by atomic mass is 9.83. The fraction of sp³-hybridized carbons (Fsp3) is 1.00. The van der Waals surface area contributed by atoms with Crippen LogP contribution in [0.2, 0.25) is 0 Å². The van der Waals surface area contributed by atoms with Crippen LogP contribution in [0.25, 0.3) is 0 Å². The molecule has 1 aliphatic rings. The van der Waals surface area contributed by atoms with Gasteiger partial charge in [0.15, 0.2) is 0 Å². The van der Waals surface area contributed by atoms with E-state index in [4.69, 9.17) is 10.5 Å². The van der Waals surface area contributed by atoms with Crippen LogP contribution in [0.4, 0.5) is 0 Å². The van der Waals surface area contributed by atoms with Crippen molar-refractivity contribution < 1.29 is 4.74 Å². The maximum absolute atomic E-state index is 5.66. The summed E-state index contributed by atoms with van der Waals surface area (Å²) in [4.78, 5) is 2.62. The van der Waals surface area contributed by atoms with Crippen LogP contribution in [0.5, 0.6) is 0 Å². The van der Waals surface area contributed by atoms with E-state index in [0.717, 1.165) is 32.0 Å². The Bertz CT molecular complexity index is 194. The highest BCUT2D eigenvalue weighted by Crippen LogP contribution is 2.31. The van der Waals surface area contributed by atoms with Crippen LogP contribution in [-0.2, 0) is 4.74 Å². The van der Waals surface area contributed by atoms with Gasteiger partial charge < -0.3 is 10.5 Å². The predicted octanol–water partition coefficient (Wildman–Crippen LogP) is 1.86. The highest BCUT2D eigenvalue weighted by molar-refractivity contribution is 4.88. The van der Waals surface area contributed by atoms with Gasteiger partial charge in [0.05, 0.1) is 0 Å². The number of nitrogens with zero attached hydrogens (tertiary/aromatic N) is 1. The Hall–Kier alpha value is -0.120. The number of hydrogen-bond donors (Lipinski definition) is 1. The summed E-state index contributed by atoms with van der Waals surface area (Å²) in [5.41, 5.74) is 6.02. The van der Waals surface area contributed by atoms with Crippen LogP contribution >= 0.6 is 0 Å². The van der Waals surface area contributed by atoms with Crippen molar-refractivity contribution in [3.8, 4) is 0 Å². The molecule has 1 fully saturated rings. The normalized spacial score (nSPS) is 25.9. The summed E-state index contributed by atoms with van der Waals surface area (Å²) in [5.74, 6) is 0.806. The minimum atomic E-state index is 0.360. The van der Waals surface area contributed by atoms with Gasteiger partial charge in [-0.2, -0.15) is 0 Å². The molecule has 3 heteroatoms. The molecular weight excluding hydrogens is 200 g/mol. The summed E-state index contributed by atoms with van der Waals surface area (Å²) in [6.45, 7) is 8.79. The third kappa shape index (κ3) is 4.04. The monoisotopic (exact) mass is 228 g/mol. The van der Waals surface area contributed by atoms with Crippen LogP contribution in [0.15, 0.2) is 0 Å². The molecule has 3 nitrogen and oxygen atoms in total. The van der Waals surface area contributed by atoms with Crippen molar-refractivity contribution in [2.45, 2.75) is 45.1 Å². The van der Waals surface area contributed by atoms with Gasteiger partial charge >= 0.3 is 0 Å². The molecule has 1 rings (SSSR count). The molecular formula is C13H28N2O. The van der Waals surface area contributed by atoms with Crippen LogP contribution in [-0.4, -0.2) is 43.8 Å². The second-order valence-electron chi connectivity index (χ2n) is 5.59. The second-order valence-corrected chi connectivity index (χ2v) is 5.59. The van der Waals surface area contributed by atoms with Gasteiger partial charge in [-0.3, -0.25) is 4.90 Å². The molecule has 0 amide bonds. The second kappa shape index (κ2) is 6.58. The summed E-state index contributed by atoms with van der Waals surface area (Å²) in [7, 11) is 1.78. The Labute approximate surface area is 100 Å². The number of methoxy groups -OCH3 is 1. The molecule has 0 aromatic carbocycles. The zero-order valence-electron chi connectivity index (χ0n) is 11.2. The first-order chi connectivity index (χ1) is 7.60. The van der Waals surface area contributed by atoms with E-state index in [1.54, 1.807) is 7.11 Å². The van der Waals surface area contributed by atoms with Gasteiger partial charge in [-0.15, -0.1) is 0 Å². The standard InChI is InChI=1S/C13H28N2O/c1-13(2)7-5-12(6-8-14)11-15(13)9-4-10-16-3/h12H,4-11,14H2,1-3H3. The van der Waals surface area contributed by atoms with Crippen LogP contribution in [0, 0.1) is 5.92 Å². The van der Waals surface area contributed by atoms with Crippen LogP contribution in [0.3, 0.4) is 0 Å². The highest BCUT2D eigenvalue weighted by atomic mass is 16.5. The Morgan fingerprint density at radius 1 is 1.44 bits per heavy atom. The first-order valence-corrected chi connectivity index (χ1v) is 6.54. The summed E-state index contributed by atoms with van der Waals surface area (Å²) in [5, 5.41) is 0. The number of ether oxygens (including phenoxy) is 1. The Balaban J connectivity index is 2.41.